The van der Waals surface area contributed by atoms with Crippen LogP contribution in [-0.2, 0) is 23.4 Å². The highest BCUT2D eigenvalue weighted by atomic mass is 28.4. The number of amides is 2. The van der Waals surface area contributed by atoms with Gasteiger partial charge in [0.05, 0.1) is 42.7 Å². The summed E-state index contributed by atoms with van der Waals surface area (Å²) < 4.78 is 91.2. The summed E-state index contributed by atoms with van der Waals surface area (Å²) in [6, 6.07) is 1.06. The Hall–Kier alpha value is -2.87. The van der Waals surface area contributed by atoms with Crippen molar-refractivity contribution < 1.29 is 40.3 Å². The van der Waals surface area contributed by atoms with Gasteiger partial charge >= 0.3 is 18.4 Å². The molecule has 204 valence electrons. The lowest BCUT2D eigenvalue weighted by Crippen LogP contribution is -2.44. The van der Waals surface area contributed by atoms with Gasteiger partial charge in [0.15, 0.2) is 14.1 Å². The predicted molar refractivity (Wildman–Crippen MR) is 126 cm³/mol. The van der Waals surface area contributed by atoms with Gasteiger partial charge in [-0.2, -0.15) is 26.3 Å². The second kappa shape index (κ2) is 10.1. The summed E-state index contributed by atoms with van der Waals surface area (Å²) in [4.78, 5) is 21.7. The topological polar surface area (TPSA) is 76.6 Å². The monoisotopic (exact) mass is 550 g/mol. The number of aromatic nitrogens is 2. The van der Waals surface area contributed by atoms with Crippen LogP contribution in [0.3, 0.4) is 0 Å². The van der Waals surface area contributed by atoms with Crippen LogP contribution >= 0.6 is 0 Å². The summed E-state index contributed by atoms with van der Waals surface area (Å²) in [5.74, 6) is -0.155. The Balaban J connectivity index is 1.69. The molecule has 37 heavy (non-hydrogen) atoms. The molecule has 3 rings (SSSR count). The number of alkyl halides is 6. The minimum atomic E-state index is -5.01. The lowest BCUT2D eigenvalue weighted by molar-refractivity contribution is -0.145. The maximum absolute atomic E-state index is 13.3. The van der Waals surface area contributed by atoms with Crippen molar-refractivity contribution >= 4 is 20.3 Å². The maximum Gasteiger partial charge on any atom is 0.416 e. The van der Waals surface area contributed by atoms with Crippen molar-refractivity contribution in [3.8, 4) is 5.75 Å². The molecule has 1 atom stereocenters. The molecule has 1 N–H and O–H groups in total. The van der Waals surface area contributed by atoms with Crippen LogP contribution in [0.25, 0.3) is 0 Å². The third kappa shape index (κ3) is 6.72. The van der Waals surface area contributed by atoms with E-state index in [2.05, 4.69) is 49.1 Å². The quantitative estimate of drug-likeness (QED) is 0.337. The summed E-state index contributed by atoms with van der Waals surface area (Å²) in [7, 11) is -2.03. The Morgan fingerprint density at radius 3 is 2.05 bits per heavy atom. The number of hydrogen-bond acceptors (Lipinski definition) is 5. The highest BCUT2D eigenvalue weighted by Gasteiger charge is 2.41. The van der Waals surface area contributed by atoms with E-state index in [1.165, 1.54) is 4.90 Å². The molecule has 0 bridgehead atoms. The van der Waals surface area contributed by atoms with Crippen LogP contribution in [0.15, 0.2) is 30.6 Å². The maximum atomic E-state index is 13.3. The number of ether oxygens (including phenoxy) is 1. The SMILES string of the molecule is CC(C)(C)[Si](C)(C)OC[C@@H]1CN(c2ncc(OCc3c(C(F)(F)F)cccc3C(F)(F)F)cn2)C(=O)N1. The standard InChI is InChI=1S/C23H28F6N4O3Si/c1-21(2,3)37(4,5)36-12-14-11-33(20(34)32-14)19-30-9-15(10-31-19)35-13-16-17(22(24,25)26)7-6-8-18(16)23(27,28)29/h6-10,14H,11-13H2,1-5H3,(H,32,34)/t14-/m0/s1. The van der Waals surface area contributed by atoms with Gasteiger partial charge in [0.1, 0.15) is 6.61 Å². The fourth-order valence-electron chi connectivity index (χ4n) is 3.35. The molecule has 1 aliphatic rings. The van der Waals surface area contributed by atoms with Crippen LogP contribution in [0.5, 0.6) is 5.75 Å². The van der Waals surface area contributed by atoms with Crippen molar-refractivity contribution in [1.29, 1.82) is 0 Å². The predicted octanol–water partition coefficient (Wildman–Crippen LogP) is 6.01. The van der Waals surface area contributed by atoms with E-state index in [9.17, 15) is 31.1 Å². The smallest absolute Gasteiger partial charge is 0.416 e. The highest BCUT2D eigenvalue weighted by molar-refractivity contribution is 6.74. The van der Waals surface area contributed by atoms with Gasteiger partial charge in [-0.3, -0.25) is 4.90 Å². The van der Waals surface area contributed by atoms with Gasteiger partial charge < -0.3 is 14.5 Å². The minimum absolute atomic E-state index is 0.00425. The van der Waals surface area contributed by atoms with E-state index in [0.717, 1.165) is 12.4 Å². The molecule has 7 nitrogen and oxygen atoms in total. The van der Waals surface area contributed by atoms with Gasteiger partial charge in [0.2, 0.25) is 5.95 Å². The molecule has 1 aliphatic heterocycles. The van der Waals surface area contributed by atoms with Crippen LogP contribution < -0.4 is 15.0 Å². The zero-order valence-electron chi connectivity index (χ0n) is 20.9. The minimum Gasteiger partial charge on any atom is -0.486 e. The highest BCUT2D eigenvalue weighted by Crippen LogP contribution is 2.40. The molecule has 2 aromatic rings. The molecular formula is C23H28F6N4O3Si. The molecule has 0 aliphatic carbocycles. The summed E-state index contributed by atoms with van der Waals surface area (Å²) in [5, 5.41) is 2.78. The average molecular weight is 551 g/mol. The van der Waals surface area contributed by atoms with Crippen LogP contribution in [-0.4, -0.2) is 43.5 Å². The third-order valence-electron chi connectivity index (χ3n) is 6.45. The van der Waals surface area contributed by atoms with Crippen molar-refractivity contribution in [1.82, 2.24) is 15.3 Å². The van der Waals surface area contributed by atoms with Crippen molar-refractivity contribution in [2.45, 2.75) is 63.9 Å². The van der Waals surface area contributed by atoms with E-state index in [4.69, 9.17) is 9.16 Å². The molecule has 1 aromatic heterocycles. The molecule has 0 radical (unpaired) electrons. The van der Waals surface area contributed by atoms with E-state index >= 15 is 0 Å². The van der Waals surface area contributed by atoms with Crippen molar-refractivity contribution in [3.05, 3.63) is 47.3 Å². The van der Waals surface area contributed by atoms with Crippen molar-refractivity contribution in [3.63, 3.8) is 0 Å². The number of urea groups is 1. The van der Waals surface area contributed by atoms with Gasteiger partial charge in [-0.25, -0.2) is 14.8 Å². The first-order valence-corrected chi connectivity index (χ1v) is 14.2. The Morgan fingerprint density at radius 1 is 1.03 bits per heavy atom. The van der Waals surface area contributed by atoms with Crippen LogP contribution in [0, 0.1) is 0 Å². The molecule has 0 unspecified atom stereocenters. The molecule has 1 fully saturated rings. The number of carbonyl (C=O) groups excluding carboxylic acids is 1. The molecule has 0 saturated carbocycles. The molecular weight excluding hydrogens is 522 g/mol. The van der Waals surface area contributed by atoms with E-state index in [0.29, 0.717) is 24.8 Å². The van der Waals surface area contributed by atoms with Gasteiger partial charge in [-0.05, 0) is 30.3 Å². The molecule has 14 heteroatoms. The number of hydrogen-bond donors (Lipinski definition) is 1. The zero-order valence-corrected chi connectivity index (χ0v) is 21.9. The number of rotatable bonds is 7. The van der Waals surface area contributed by atoms with Crippen LogP contribution in [0.1, 0.15) is 37.5 Å². The van der Waals surface area contributed by atoms with E-state index in [1.54, 1.807) is 0 Å². The van der Waals surface area contributed by atoms with E-state index < -0.39 is 50.0 Å². The first kappa shape index (κ1) is 28.7. The average Bonchev–Trinajstić information content (AvgIpc) is 3.15. The largest absolute Gasteiger partial charge is 0.486 e. The van der Waals surface area contributed by atoms with Gasteiger partial charge in [-0.15, -0.1) is 0 Å². The molecule has 0 spiro atoms. The number of anilines is 1. The van der Waals surface area contributed by atoms with Crippen LogP contribution in [0.2, 0.25) is 18.1 Å². The number of nitrogens with one attached hydrogen (secondary N) is 1. The van der Waals surface area contributed by atoms with E-state index in [-0.39, 0.29) is 29.3 Å². The Labute approximate surface area is 211 Å². The molecule has 1 aromatic carbocycles. The Morgan fingerprint density at radius 2 is 1.57 bits per heavy atom. The summed E-state index contributed by atoms with van der Waals surface area (Å²) >= 11 is 0. The van der Waals surface area contributed by atoms with Gasteiger partial charge in [0, 0.05) is 5.56 Å². The Kier molecular flexibility index (Phi) is 7.85. The summed E-state index contributed by atoms with van der Waals surface area (Å²) in [5.41, 5.74) is -3.94. The fourth-order valence-corrected chi connectivity index (χ4v) is 4.40. The zero-order chi connectivity index (χ0) is 27.8. The molecule has 2 heterocycles. The fraction of sp³-hybridized carbons (Fsp3) is 0.522. The molecule has 1 saturated heterocycles. The first-order valence-electron chi connectivity index (χ1n) is 11.3. The first-order chi connectivity index (χ1) is 16.9. The second-order valence-corrected chi connectivity index (χ2v) is 15.0. The number of nitrogens with zero attached hydrogens (tertiary/aromatic N) is 3. The van der Waals surface area contributed by atoms with Gasteiger partial charge in [0.25, 0.3) is 0 Å². The summed E-state index contributed by atoms with van der Waals surface area (Å²) in [6.45, 7) is 10.00. The lowest BCUT2D eigenvalue weighted by atomic mass is 10.0. The Bertz CT molecular complexity index is 1090. The van der Waals surface area contributed by atoms with Crippen molar-refractivity contribution in [2.24, 2.45) is 0 Å². The normalized spacial score (nSPS) is 17.2. The summed E-state index contributed by atoms with van der Waals surface area (Å²) in [6.07, 6.45) is -7.85. The third-order valence-corrected chi connectivity index (χ3v) is 11.0. The number of benzene rings is 1. The lowest BCUT2D eigenvalue weighted by Gasteiger charge is -2.36. The van der Waals surface area contributed by atoms with E-state index in [1.807, 2.05) is 0 Å². The molecule has 2 amide bonds. The van der Waals surface area contributed by atoms with Crippen molar-refractivity contribution in [2.75, 3.05) is 18.1 Å². The number of carbonyl (C=O) groups is 1. The number of halogens is 6. The second-order valence-electron chi connectivity index (χ2n) is 10.2. The van der Waals surface area contributed by atoms with Crippen LogP contribution in [0.4, 0.5) is 37.1 Å². The van der Waals surface area contributed by atoms with Gasteiger partial charge in [-0.1, -0.05) is 26.8 Å².